The molecule has 1 aromatic heterocycles. The van der Waals surface area contributed by atoms with E-state index in [0.29, 0.717) is 11.8 Å². The Morgan fingerprint density at radius 2 is 1.64 bits per heavy atom. The van der Waals surface area contributed by atoms with Gasteiger partial charge in [0.1, 0.15) is 0 Å². The minimum atomic E-state index is -1.72. The fraction of sp³-hybridized carbons (Fsp3) is 0.143. The van der Waals surface area contributed by atoms with Crippen molar-refractivity contribution in [2.75, 3.05) is 6.61 Å². The van der Waals surface area contributed by atoms with E-state index in [1.165, 1.54) is 24.3 Å². The van der Waals surface area contributed by atoms with Crippen LogP contribution in [-0.4, -0.2) is 17.6 Å². The monoisotopic (exact) mass is 331 g/mol. The Bertz CT molecular complexity index is 681. The molecule has 1 heterocycles. The highest BCUT2D eigenvalue weighted by Gasteiger charge is 2.21. The Hall–Kier alpha value is -2.09. The molecule has 0 atom stereocenters. The molecule has 0 aliphatic heterocycles. The smallest absolute Gasteiger partial charge is 0.338 e. The quantitative estimate of drug-likeness (QED) is 0.483. The molecule has 0 unspecified atom stereocenters. The number of halogens is 4. The maximum Gasteiger partial charge on any atom is 0.338 e. The normalized spacial score (nSPS) is 10.6. The summed E-state index contributed by atoms with van der Waals surface area (Å²) < 4.78 is 57.8. The molecule has 0 spiro atoms. The van der Waals surface area contributed by atoms with Crippen LogP contribution < -0.4 is 0 Å². The molecule has 22 heavy (non-hydrogen) atoms. The summed E-state index contributed by atoms with van der Waals surface area (Å²) in [7, 11) is 0. The lowest BCUT2D eigenvalue weighted by molar-refractivity contribution is 0.0526. The molecule has 1 aromatic carbocycles. The summed E-state index contributed by atoms with van der Waals surface area (Å²) in [4.78, 5) is 13.4. The van der Waals surface area contributed by atoms with Crippen LogP contribution in [0.3, 0.4) is 0 Å². The van der Waals surface area contributed by atoms with Crippen molar-refractivity contribution in [1.29, 1.82) is 0 Å². The van der Waals surface area contributed by atoms with E-state index in [4.69, 9.17) is 4.74 Å². The van der Waals surface area contributed by atoms with Crippen molar-refractivity contribution < 1.29 is 27.1 Å². The standard InChI is InChI=1S/C14H9F4NO2S/c1-2-21-14(20)7-3-5-8(6-4-7)22-11-9(15)12(17)19-13(18)10(11)16/h3-6H,2H2,1H3. The van der Waals surface area contributed by atoms with E-state index in [-0.39, 0.29) is 17.1 Å². The molecule has 0 saturated heterocycles. The van der Waals surface area contributed by atoms with Gasteiger partial charge in [-0.05, 0) is 31.2 Å². The van der Waals surface area contributed by atoms with E-state index in [9.17, 15) is 22.4 Å². The van der Waals surface area contributed by atoms with Gasteiger partial charge in [-0.25, -0.2) is 13.6 Å². The zero-order chi connectivity index (χ0) is 16.3. The first-order chi connectivity index (χ1) is 10.4. The minimum Gasteiger partial charge on any atom is -0.462 e. The number of pyridine rings is 1. The number of hydrogen-bond donors (Lipinski definition) is 0. The Morgan fingerprint density at radius 1 is 1.09 bits per heavy atom. The first kappa shape index (κ1) is 16.3. The zero-order valence-electron chi connectivity index (χ0n) is 11.2. The predicted molar refractivity (Wildman–Crippen MR) is 70.6 cm³/mol. The molecule has 0 amide bonds. The van der Waals surface area contributed by atoms with Crippen LogP contribution in [0.2, 0.25) is 0 Å². The molecule has 2 aromatic rings. The molecule has 116 valence electrons. The van der Waals surface area contributed by atoms with Gasteiger partial charge in [0.15, 0.2) is 11.6 Å². The largest absolute Gasteiger partial charge is 0.462 e. The van der Waals surface area contributed by atoms with Gasteiger partial charge in [0, 0.05) is 4.90 Å². The third kappa shape index (κ3) is 3.38. The molecule has 0 aliphatic carbocycles. The zero-order valence-corrected chi connectivity index (χ0v) is 12.0. The number of carbonyl (C=O) groups is 1. The van der Waals surface area contributed by atoms with Crippen molar-refractivity contribution in [3.8, 4) is 0 Å². The second kappa shape index (κ2) is 6.78. The van der Waals surface area contributed by atoms with Crippen molar-refractivity contribution in [2.24, 2.45) is 0 Å². The van der Waals surface area contributed by atoms with Crippen molar-refractivity contribution in [3.05, 3.63) is 53.4 Å². The van der Waals surface area contributed by atoms with E-state index in [2.05, 4.69) is 4.98 Å². The van der Waals surface area contributed by atoms with Gasteiger partial charge in [-0.2, -0.15) is 13.8 Å². The minimum absolute atomic E-state index is 0.210. The number of benzene rings is 1. The number of aromatic nitrogens is 1. The van der Waals surface area contributed by atoms with Gasteiger partial charge in [0.2, 0.25) is 0 Å². The molecule has 0 aliphatic rings. The maximum atomic E-state index is 13.5. The molecule has 0 fully saturated rings. The second-order valence-corrected chi connectivity index (χ2v) is 5.08. The van der Waals surface area contributed by atoms with Gasteiger partial charge >= 0.3 is 5.97 Å². The van der Waals surface area contributed by atoms with Gasteiger partial charge in [0.25, 0.3) is 11.9 Å². The average molecular weight is 331 g/mol. The number of nitrogens with zero attached hydrogens (tertiary/aromatic N) is 1. The molecule has 0 bridgehead atoms. The lowest BCUT2D eigenvalue weighted by Gasteiger charge is -2.07. The average Bonchev–Trinajstić information content (AvgIpc) is 2.50. The number of rotatable bonds is 4. The molecule has 0 saturated carbocycles. The van der Waals surface area contributed by atoms with Gasteiger partial charge in [-0.15, -0.1) is 0 Å². The van der Waals surface area contributed by atoms with Crippen molar-refractivity contribution >= 4 is 17.7 Å². The first-order valence-electron chi connectivity index (χ1n) is 6.09. The van der Waals surface area contributed by atoms with Crippen LogP contribution in [0.4, 0.5) is 17.6 Å². The lowest BCUT2D eigenvalue weighted by atomic mass is 10.2. The molecule has 0 radical (unpaired) electrons. The number of ether oxygens (including phenoxy) is 1. The summed E-state index contributed by atoms with van der Waals surface area (Å²) in [6.45, 7) is 1.86. The highest BCUT2D eigenvalue weighted by Crippen LogP contribution is 2.33. The van der Waals surface area contributed by atoms with Gasteiger partial charge < -0.3 is 4.74 Å². The SMILES string of the molecule is CCOC(=O)c1ccc(Sc2c(F)c(F)nc(F)c2F)cc1. The van der Waals surface area contributed by atoms with Crippen LogP contribution in [0.15, 0.2) is 34.1 Å². The first-order valence-corrected chi connectivity index (χ1v) is 6.90. The fourth-order valence-corrected chi connectivity index (χ4v) is 2.40. The van der Waals surface area contributed by atoms with E-state index in [1.54, 1.807) is 6.92 Å². The summed E-state index contributed by atoms with van der Waals surface area (Å²) in [5, 5.41) is 0. The number of hydrogen-bond acceptors (Lipinski definition) is 4. The van der Waals surface area contributed by atoms with Crippen LogP contribution >= 0.6 is 11.8 Å². The summed E-state index contributed by atoms with van der Waals surface area (Å²) in [5.74, 6) is -7.12. The van der Waals surface area contributed by atoms with Crippen molar-refractivity contribution in [2.45, 2.75) is 16.7 Å². The van der Waals surface area contributed by atoms with Crippen LogP contribution in [-0.2, 0) is 4.74 Å². The topological polar surface area (TPSA) is 39.2 Å². The Balaban J connectivity index is 2.27. The summed E-state index contributed by atoms with van der Waals surface area (Å²) in [6.07, 6.45) is 0. The second-order valence-electron chi connectivity index (χ2n) is 4.00. The van der Waals surface area contributed by atoms with E-state index >= 15 is 0 Å². The highest BCUT2D eigenvalue weighted by molar-refractivity contribution is 7.99. The predicted octanol–water partition coefficient (Wildman–Crippen LogP) is 3.97. The number of esters is 1. The van der Waals surface area contributed by atoms with Gasteiger partial charge in [-0.1, -0.05) is 11.8 Å². The molecular formula is C14H9F4NO2S. The lowest BCUT2D eigenvalue weighted by Crippen LogP contribution is -2.04. The van der Waals surface area contributed by atoms with E-state index in [0.717, 1.165) is 0 Å². The van der Waals surface area contributed by atoms with Crippen molar-refractivity contribution in [1.82, 2.24) is 4.98 Å². The summed E-state index contributed by atoms with van der Waals surface area (Å²) in [5.41, 5.74) is 0.249. The maximum absolute atomic E-state index is 13.5. The molecule has 2 rings (SSSR count). The van der Waals surface area contributed by atoms with Crippen LogP contribution in [0, 0.1) is 23.5 Å². The Labute approximate surface area is 127 Å². The Morgan fingerprint density at radius 3 is 2.14 bits per heavy atom. The van der Waals surface area contributed by atoms with Crippen molar-refractivity contribution in [3.63, 3.8) is 0 Å². The highest BCUT2D eigenvalue weighted by atomic mass is 32.2. The van der Waals surface area contributed by atoms with E-state index < -0.39 is 34.4 Å². The molecular weight excluding hydrogens is 322 g/mol. The molecule has 3 nitrogen and oxygen atoms in total. The van der Waals surface area contributed by atoms with Crippen LogP contribution in [0.25, 0.3) is 0 Å². The van der Waals surface area contributed by atoms with Crippen LogP contribution in [0.5, 0.6) is 0 Å². The van der Waals surface area contributed by atoms with Crippen LogP contribution in [0.1, 0.15) is 17.3 Å². The summed E-state index contributed by atoms with van der Waals surface area (Å²) >= 11 is 0.481. The number of carbonyl (C=O) groups excluding carboxylic acids is 1. The van der Waals surface area contributed by atoms with Gasteiger partial charge in [-0.3, -0.25) is 0 Å². The Kier molecular flexibility index (Phi) is 5.02. The fourth-order valence-electron chi connectivity index (χ4n) is 1.55. The third-order valence-electron chi connectivity index (χ3n) is 2.54. The van der Waals surface area contributed by atoms with E-state index in [1.807, 2.05) is 0 Å². The third-order valence-corrected chi connectivity index (χ3v) is 3.61. The molecule has 0 N–H and O–H groups in total. The van der Waals surface area contributed by atoms with Gasteiger partial charge in [0.05, 0.1) is 17.1 Å². The molecule has 8 heteroatoms. The summed E-state index contributed by atoms with van der Waals surface area (Å²) in [6, 6.07) is 5.52.